The molecule has 0 bridgehead atoms. The molecule has 8 heteroatoms. The van der Waals surface area contributed by atoms with E-state index in [4.69, 9.17) is 14.5 Å². The van der Waals surface area contributed by atoms with E-state index in [-0.39, 0.29) is 17.8 Å². The third-order valence-electron chi connectivity index (χ3n) is 7.73. The summed E-state index contributed by atoms with van der Waals surface area (Å²) in [7, 11) is 0. The van der Waals surface area contributed by atoms with Gasteiger partial charge in [0.25, 0.3) is 0 Å². The second-order valence-corrected chi connectivity index (χ2v) is 12.8. The van der Waals surface area contributed by atoms with Crippen LogP contribution in [-0.4, -0.2) is 46.5 Å². The van der Waals surface area contributed by atoms with Crippen molar-refractivity contribution in [3.05, 3.63) is 76.9 Å². The van der Waals surface area contributed by atoms with Crippen molar-refractivity contribution in [2.75, 3.05) is 24.6 Å². The van der Waals surface area contributed by atoms with Gasteiger partial charge in [-0.2, -0.15) is 0 Å². The van der Waals surface area contributed by atoms with E-state index in [0.29, 0.717) is 41.3 Å². The Labute approximate surface area is 248 Å². The fraction of sp³-hybridized carbons (Fsp3) is 0.471. The van der Waals surface area contributed by atoms with Gasteiger partial charge in [0.05, 0.1) is 30.2 Å². The zero-order valence-corrected chi connectivity index (χ0v) is 25.5. The summed E-state index contributed by atoms with van der Waals surface area (Å²) in [6.07, 6.45) is 1.30. The molecular formula is C34H43FN2O5. The average molecular weight is 579 g/mol. The van der Waals surface area contributed by atoms with Gasteiger partial charge in [0.15, 0.2) is 6.10 Å². The topological polar surface area (TPSA) is 92.1 Å². The van der Waals surface area contributed by atoms with Gasteiger partial charge in [0, 0.05) is 36.3 Å². The molecule has 3 aromatic rings. The summed E-state index contributed by atoms with van der Waals surface area (Å²) in [5.74, 6) is -0.674. The van der Waals surface area contributed by atoms with Gasteiger partial charge < -0.3 is 24.6 Å². The zero-order chi connectivity index (χ0) is 30.7. The third kappa shape index (κ3) is 7.66. The summed E-state index contributed by atoms with van der Waals surface area (Å²) in [6, 6.07) is 13.9. The predicted octanol–water partition coefficient (Wildman–Crippen LogP) is 6.88. The number of aliphatic hydroxyl groups excluding tert-OH is 1. The first-order chi connectivity index (χ1) is 19.8. The lowest BCUT2D eigenvalue weighted by Crippen LogP contribution is -2.39. The van der Waals surface area contributed by atoms with E-state index in [1.54, 1.807) is 19.1 Å². The van der Waals surface area contributed by atoms with Crippen molar-refractivity contribution < 1.29 is 28.9 Å². The Morgan fingerprint density at radius 2 is 1.69 bits per heavy atom. The van der Waals surface area contributed by atoms with Gasteiger partial charge >= 0.3 is 5.97 Å². The van der Waals surface area contributed by atoms with E-state index >= 15 is 0 Å². The largest absolute Gasteiger partial charge is 0.493 e. The molecule has 0 spiro atoms. The maximum absolute atomic E-state index is 13.2. The van der Waals surface area contributed by atoms with Crippen LogP contribution in [0.2, 0.25) is 0 Å². The van der Waals surface area contributed by atoms with Crippen LogP contribution in [0.4, 0.5) is 10.1 Å². The number of hydrogen-bond acceptors (Lipinski definition) is 6. The molecule has 2 aromatic carbocycles. The molecule has 42 heavy (non-hydrogen) atoms. The number of anilines is 1. The maximum Gasteiger partial charge on any atom is 0.337 e. The summed E-state index contributed by atoms with van der Waals surface area (Å²) in [4.78, 5) is 19.6. The molecule has 2 N–H and O–H groups in total. The molecule has 4 rings (SSSR count). The highest BCUT2D eigenvalue weighted by molar-refractivity contribution is 5.88. The number of halogens is 1. The number of aliphatic carboxylic acids is 1. The third-order valence-corrected chi connectivity index (χ3v) is 7.73. The first-order valence-corrected chi connectivity index (χ1v) is 14.6. The second kappa shape index (κ2) is 12.8. The molecule has 0 amide bonds. The SMILES string of the molecule is Cc1nc(CO)c(-c2ccc(OCCc3ccc(F)cc3)cc2)c(N2CCC(C)(C)CC2)c1C(OC(C)(C)C)C(=O)O. The van der Waals surface area contributed by atoms with Crippen molar-refractivity contribution in [1.29, 1.82) is 0 Å². The molecule has 1 aliphatic heterocycles. The Bertz CT molecular complexity index is 1370. The number of aliphatic hydroxyl groups is 1. The van der Waals surface area contributed by atoms with Gasteiger partial charge in [-0.25, -0.2) is 9.18 Å². The number of rotatable bonds is 10. The van der Waals surface area contributed by atoms with Crippen LogP contribution in [0.25, 0.3) is 11.1 Å². The molecule has 0 aliphatic carbocycles. The molecule has 1 aromatic heterocycles. The van der Waals surface area contributed by atoms with Crippen molar-refractivity contribution in [3.8, 4) is 16.9 Å². The van der Waals surface area contributed by atoms with Crippen LogP contribution >= 0.6 is 0 Å². The summed E-state index contributed by atoms with van der Waals surface area (Å²) < 4.78 is 25.3. The van der Waals surface area contributed by atoms with Gasteiger partial charge in [0.2, 0.25) is 0 Å². The number of hydrogen-bond donors (Lipinski definition) is 2. The van der Waals surface area contributed by atoms with Crippen LogP contribution in [0.1, 0.15) is 76.1 Å². The van der Waals surface area contributed by atoms with Crippen molar-refractivity contribution in [2.45, 2.75) is 79.1 Å². The van der Waals surface area contributed by atoms with Gasteiger partial charge in [0.1, 0.15) is 11.6 Å². The van der Waals surface area contributed by atoms with Crippen LogP contribution in [0.3, 0.4) is 0 Å². The lowest BCUT2D eigenvalue weighted by Gasteiger charge is -2.41. The Hall–Kier alpha value is -3.49. The Morgan fingerprint density at radius 1 is 1.07 bits per heavy atom. The lowest BCUT2D eigenvalue weighted by atomic mass is 9.81. The molecule has 1 aliphatic rings. The van der Waals surface area contributed by atoms with Crippen LogP contribution in [0.5, 0.6) is 5.75 Å². The summed E-state index contributed by atoms with van der Waals surface area (Å²) in [6.45, 7) is 13.4. The standard InChI is InChI=1S/C34H43FN2O5/c1-22-28(31(32(39)40)42-33(2,3)4)30(37-18-16-34(5,6)17-19-37)29(27(21-38)36-22)24-9-13-26(14-10-24)41-20-15-23-7-11-25(35)12-8-23/h7-14,31,38H,15-21H2,1-6H3,(H,39,40). The van der Waals surface area contributed by atoms with Gasteiger partial charge in [-0.1, -0.05) is 38.1 Å². The van der Waals surface area contributed by atoms with Crippen LogP contribution in [-0.2, 0) is 22.6 Å². The minimum atomic E-state index is -1.23. The van der Waals surface area contributed by atoms with E-state index in [1.807, 2.05) is 45.0 Å². The Kier molecular flexibility index (Phi) is 9.58. The first kappa shape index (κ1) is 31.4. The molecule has 1 fully saturated rings. The van der Waals surface area contributed by atoms with Gasteiger partial charge in [-0.05, 0) is 81.3 Å². The van der Waals surface area contributed by atoms with E-state index in [0.717, 1.165) is 42.7 Å². The second-order valence-electron chi connectivity index (χ2n) is 12.8. The molecule has 0 saturated carbocycles. The number of pyridine rings is 1. The number of benzene rings is 2. The van der Waals surface area contributed by atoms with E-state index in [1.165, 1.54) is 12.1 Å². The molecule has 0 radical (unpaired) electrons. The molecule has 1 atom stereocenters. The number of aromatic nitrogens is 1. The molecule has 2 heterocycles. The number of carboxylic acid groups (broad SMARTS) is 1. The summed E-state index contributed by atoms with van der Waals surface area (Å²) in [5.41, 5.74) is 4.25. The minimum absolute atomic E-state index is 0.180. The number of carboxylic acids is 1. The van der Waals surface area contributed by atoms with Crippen LogP contribution in [0.15, 0.2) is 48.5 Å². The highest BCUT2D eigenvalue weighted by Crippen LogP contribution is 2.45. The zero-order valence-electron chi connectivity index (χ0n) is 25.5. The fourth-order valence-corrected chi connectivity index (χ4v) is 5.40. The number of aryl methyl sites for hydroxylation is 1. The fourth-order valence-electron chi connectivity index (χ4n) is 5.40. The maximum atomic E-state index is 13.2. The number of nitrogens with zero attached hydrogens (tertiary/aromatic N) is 2. The number of ether oxygens (including phenoxy) is 2. The predicted molar refractivity (Wildman–Crippen MR) is 162 cm³/mol. The normalized spacial score (nSPS) is 15.9. The quantitative estimate of drug-likeness (QED) is 0.271. The molecule has 1 unspecified atom stereocenters. The van der Waals surface area contributed by atoms with Gasteiger partial charge in [-0.15, -0.1) is 0 Å². The Morgan fingerprint density at radius 3 is 2.24 bits per heavy atom. The molecule has 7 nitrogen and oxygen atoms in total. The average Bonchev–Trinajstić information content (AvgIpc) is 2.92. The van der Waals surface area contributed by atoms with E-state index in [2.05, 4.69) is 18.7 Å². The number of carbonyl (C=O) groups is 1. The van der Waals surface area contributed by atoms with Gasteiger partial charge in [-0.3, -0.25) is 4.98 Å². The molecular weight excluding hydrogens is 535 g/mol. The highest BCUT2D eigenvalue weighted by atomic mass is 19.1. The number of piperidine rings is 1. The molecule has 1 saturated heterocycles. The molecule has 226 valence electrons. The van der Waals surface area contributed by atoms with Crippen molar-refractivity contribution in [2.24, 2.45) is 5.41 Å². The van der Waals surface area contributed by atoms with E-state index < -0.39 is 17.7 Å². The lowest BCUT2D eigenvalue weighted by molar-refractivity contribution is -0.160. The van der Waals surface area contributed by atoms with Crippen LogP contribution in [0, 0.1) is 18.2 Å². The van der Waals surface area contributed by atoms with Crippen LogP contribution < -0.4 is 9.64 Å². The minimum Gasteiger partial charge on any atom is -0.493 e. The first-order valence-electron chi connectivity index (χ1n) is 14.6. The summed E-state index contributed by atoms with van der Waals surface area (Å²) >= 11 is 0. The van der Waals surface area contributed by atoms with Crippen molar-refractivity contribution in [3.63, 3.8) is 0 Å². The van der Waals surface area contributed by atoms with Crippen molar-refractivity contribution >= 4 is 11.7 Å². The smallest absolute Gasteiger partial charge is 0.337 e. The van der Waals surface area contributed by atoms with Crippen molar-refractivity contribution in [1.82, 2.24) is 4.98 Å². The Balaban J connectivity index is 1.75. The summed E-state index contributed by atoms with van der Waals surface area (Å²) in [5, 5.41) is 20.8. The monoisotopic (exact) mass is 578 g/mol. The van der Waals surface area contributed by atoms with E-state index in [9.17, 15) is 19.4 Å². The highest BCUT2D eigenvalue weighted by Gasteiger charge is 2.36.